The van der Waals surface area contributed by atoms with Gasteiger partial charge in [0.2, 0.25) is 0 Å². The van der Waals surface area contributed by atoms with Gasteiger partial charge in [0.15, 0.2) is 0 Å². The highest BCUT2D eigenvalue weighted by Crippen LogP contribution is 2.32. The fourth-order valence-electron chi connectivity index (χ4n) is 4.34. The van der Waals surface area contributed by atoms with Crippen molar-refractivity contribution in [1.29, 1.82) is 0 Å². The Morgan fingerprint density at radius 1 is 0.912 bits per heavy atom. The van der Waals surface area contributed by atoms with Crippen molar-refractivity contribution in [2.24, 2.45) is 0 Å². The van der Waals surface area contributed by atoms with Crippen molar-refractivity contribution >= 4 is 28.8 Å². The highest BCUT2D eigenvalue weighted by Gasteiger charge is 2.38. The Morgan fingerprint density at radius 2 is 1.62 bits per heavy atom. The Kier molecular flexibility index (Phi) is 7.85. The Hall–Kier alpha value is -3.32. The smallest absolute Gasteiger partial charge is 0.278 e. The summed E-state index contributed by atoms with van der Waals surface area (Å²) in [5, 5.41) is 3.24. The molecule has 0 saturated carbocycles. The molecule has 0 atom stereocenters. The standard InChI is InChI=1S/C27H33N3O4/c1-3-18-34-23-13-7-20(8-14-23)24-25(27(32)30(26(24)31)17-6-19-33-2)28-21-9-11-22(12-10-21)29-15-4-5-16-29/h7-14,28H,3-6,15-19H2,1-2H3. The van der Waals surface area contributed by atoms with Gasteiger partial charge in [-0.05, 0) is 67.6 Å². The van der Waals surface area contributed by atoms with Gasteiger partial charge in [-0.1, -0.05) is 19.1 Å². The number of hydrogen-bond donors (Lipinski definition) is 1. The van der Waals surface area contributed by atoms with Crippen LogP contribution in [0.15, 0.2) is 54.2 Å². The highest BCUT2D eigenvalue weighted by atomic mass is 16.5. The summed E-state index contributed by atoms with van der Waals surface area (Å²) in [4.78, 5) is 30.3. The van der Waals surface area contributed by atoms with E-state index in [0.717, 1.165) is 30.9 Å². The average Bonchev–Trinajstić information content (AvgIpc) is 3.47. The molecule has 34 heavy (non-hydrogen) atoms. The molecule has 0 radical (unpaired) electrons. The number of methoxy groups -OCH3 is 1. The zero-order valence-corrected chi connectivity index (χ0v) is 20.0. The largest absolute Gasteiger partial charge is 0.494 e. The molecule has 2 amide bonds. The van der Waals surface area contributed by atoms with Crippen LogP contribution in [0.3, 0.4) is 0 Å². The number of ether oxygens (including phenoxy) is 2. The molecule has 2 aliphatic rings. The fraction of sp³-hybridized carbons (Fsp3) is 0.407. The average molecular weight is 464 g/mol. The Morgan fingerprint density at radius 3 is 2.26 bits per heavy atom. The zero-order chi connectivity index (χ0) is 23.9. The lowest BCUT2D eigenvalue weighted by Crippen LogP contribution is -2.33. The van der Waals surface area contributed by atoms with Gasteiger partial charge in [-0.3, -0.25) is 14.5 Å². The van der Waals surface area contributed by atoms with Gasteiger partial charge >= 0.3 is 0 Å². The first-order valence-corrected chi connectivity index (χ1v) is 12.1. The van der Waals surface area contributed by atoms with Crippen molar-refractivity contribution in [3.63, 3.8) is 0 Å². The molecule has 2 aromatic rings. The third kappa shape index (κ3) is 5.25. The van der Waals surface area contributed by atoms with E-state index in [4.69, 9.17) is 9.47 Å². The van der Waals surface area contributed by atoms with Crippen molar-refractivity contribution in [2.45, 2.75) is 32.6 Å². The van der Waals surface area contributed by atoms with Crippen molar-refractivity contribution < 1.29 is 19.1 Å². The number of rotatable bonds is 11. The van der Waals surface area contributed by atoms with Crippen molar-refractivity contribution in [2.75, 3.05) is 50.2 Å². The number of nitrogens with one attached hydrogen (secondary N) is 1. The second-order valence-electron chi connectivity index (χ2n) is 8.60. The number of amides is 2. The van der Waals surface area contributed by atoms with E-state index in [1.54, 1.807) is 7.11 Å². The maximum absolute atomic E-state index is 13.3. The summed E-state index contributed by atoms with van der Waals surface area (Å²) in [6.07, 6.45) is 3.94. The van der Waals surface area contributed by atoms with Gasteiger partial charge < -0.3 is 19.7 Å². The molecule has 1 N–H and O–H groups in total. The molecule has 1 fully saturated rings. The highest BCUT2D eigenvalue weighted by molar-refractivity contribution is 6.36. The predicted molar refractivity (Wildman–Crippen MR) is 134 cm³/mol. The van der Waals surface area contributed by atoms with E-state index in [-0.39, 0.29) is 11.8 Å². The summed E-state index contributed by atoms with van der Waals surface area (Å²) in [6.45, 7) is 5.62. The van der Waals surface area contributed by atoms with E-state index in [9.17, 15) is 9.59 Å². The van der Waals surface area contributed by atoms with Crippen LogP contribution in [0.2, 0.25) is 0 Å². The van der Waals surface area contributed by atoms with Crippen LogP contribution in [0, 0.1) is 0 Å². The zero-order valence-electron chi connectivity index (χ0n) is 20.0. The first-order chi connectivity index (χ1) is 16.6. The minimum absolute atomic E-state index is 0.292. The van der Waals surface area contributed by atoms with E-state index in [0.29, 0.717) is 43.0 Å². The number of carbonyl (C=O) groups excluding carboxylic acids is 2. The summed E-state index contributed by atoms with van der Waals surface area (Å²) in [6, 6.07) is 15.4. The van der Waals surface area contributed by atoms with Crippen molar-refractivity contribution in [3.8, 4) is 5.75 Å². The maximum atomic E-state index is 13.3. The first kappa shape index (κ1) is 23.8. The van der Waals surface area contributed by atoms with Crippen LogP contribution in [0.25, 0.3) is 5.57 Å². The molecule has 2 aromatic carbocycles. The Balaban J connectivity index is 1.60. The van der Waals surface area contributed by atoms with Gasteiger partial charge in [0.25, 0.3) is 11.8 Å². The minimum atomic E-state index is -0.314. The quantitative estimate of drug-likeness (QED) is 0.396. The molecule has 0 aliphatic carbocycles. The molecule has 2 heterocycles. The van der Waals surface area contributed by atoms with Crippen LogP contribution < -0.4 is 15.0 Å². The Bertz CT molecular complexity index is 1020. The lowest BCUT2D eigenvalue weighted by atomic mass is 10.0. The number of benzene rings is 2. The van der Waals surface area contributed by atoms with Crippen molar-refractivity contribution in [1.82, 2.24) is 4.90 Å². The lowest BCUT2D eigenvalue weighted by molar-refractivity contribution is -0.136. The first-order valence-electron chi connectivity index (χ1n) is 12.1. The third-order valence-electron chi connectivity index (χ3n) is 6.12. The topological polar surface area (TPSA) is 71.1 Å². The predicted octanol–water partition coefficient (Wildman–Crippen LogP) is 4.30. The second kappa shape index (κ2) is 11.2. The van der Waals surface area contributed by atoms with Gasteiger partial charge in [0.05, 0.1) is 12.2 Å². The number of imide groups is 1. The molecule has 7 heteroatoms. The van der Waals surface area contributed by atoms with E-state index >= 15 is 0 Å². The monoisotopic (exact) mass is 463 g/mol. The summed E-state index contributed by atoms with van der Waals surface area (Å²) in [5.74, 6) is 0.137. The van der Waals surface area contributed by atoms with Gasteiger partial charge in [0, 0.05) is 44.7 Å². The normalized spacial score (nSPS) is 16.1. The number of nitrogens with zero attached hydrogens (tertiary/aromatic N) is 2. The summed E-state index contributed by atoms with van der Waals surface area (Å²) >= 11 is 0. The Labute approximate surface area is 201 Å². The summed E-state index contributed by atoms with van der Waals surface area (Å²) < 4.78 is 10.8. The van der Waals surface area contributed by atoms with Gasteiger partial charge in [-0.15, -0.1) is 0 Å². The van der Waals surface area contributed by atoms with Gasteiger partial charge in [0.1, 0.15) is 11.4 Å². The number of anilines is 2. The molecule has 0 bridgehead atoms. The lowest BCUT2D eigenvalue weighted by Gasteiger charge is -2.18. The molecule has 0 unspecified atom stereocenters. The molecule has 2 aliphatic heterocycles. The maximum Gasteiger partial charge on any atom is 0.278 e. The molecular weight excluding hydrogens is 430 g/mol. The SMILES string of the molecule is CCCOc1ccc(C2=C(Nc3ccc(N4CCCC4)cc3)C(=O)N(CCCOC)C2=O)cc1. The van der Waals surface area contributed by atoms with Crippen LogP contribution in [-0.2, 0) is 14.3 Å². The molecule has 0 aromatic heterocycles. The second-order valence-corrected chi connectivity index (χ2v) is 8.60. The van der Waals surface area contributed by atoms with Crippen LogP contribution in [-0.4, -0.2) is 56.7 Å². The minimum Gasteiger partial charge on any atom is -0.494 e. The van der Waals surface area contributed by atoms with E-state index in [2.05, 4.69) is 29.3 Å². The van der Waals surface area contributed by atoms with E-state index < -0.39 is 0 Å². The van der Waals surface area contributed by atoms with E-state index in [1.165, 1.54) is 23.4 Å². The molecule has 7 nitrogen and oxygen atoms in total. The van der Waals surface area contributed by atoms with E-state index in [1.807, 2.05) is 36.4 Å². The van der Waals surface area contributed by atoms with Gasteiger partial charge in [-0.2, -0.15) is 0 Å². The van der Waals surface area contributed by atoms with Crippen LogP contribution in [0.4, 0.5) is 11.4 Å². The van der Waals surface area contributed by atoms with Crippen LogP contribution in [0.5, 0.6) is 5.75 Å². The van der Waals surface area contributed by atoms with Crippen molar-refractivity contribution in [3.05, 3.63) is 59.8 Å². The fourth-order valence-corrected chi connectivity index (χ4v) is 4.34. The molecule has 4 rings (SSSR count). The van der Waals surface area contributed by atoms with Gasteiger partial charge in [-0.25, -0.2) is 0 Å². The van der Waals surface area contributed by atoms with Crippen LogP contribution in [0.1, 0.15) is 38.2 Å². The summed E-state index contributed by atoms with van der Waals surface area (Å²) in [5.41, 5.74) is 3.33. The third-order valence-corrected chi connectivity index (χ3v) is 6.12. The number of carbonyl (C=O) groups is 2. The molecule has 0 spiro atoms. The molecular formula is C27H33N3O4. The van der Waals surface area contributed by atoms with Crippen LogP contribution >= 0.6 is 0 Å². The summed E-state index contributed by atoms with van der Waals surface area (Å²) in [7, 11) is 1.61. The number of hydrogen-bond acceptors (Lipinski definition) is 6. The molecule has 180 valence electrons. The molecule has 1 saturated heterocycles.